The Morgan fingerprint density at radius 3 is 2.63 bits per heavy atom. The van der Waals surface area contributed by atoms with Gasteiger partial charge in [0.15, 0.2) is 0 Å². The molecule has 5 rings (SSSR count). The zero-order chi connectivity index (χ0) is 18.4. The van der Waals surface area contributed by atoms with Gasteiger partial charge in [-0.05, 0) is 55.0 Å². The van der Waals surface area contributed by atoms with E-state index in [0.29, 0.717) is 16.5 Å². The number of benzene rings is 2. The number of hydrogen-bond acceptors (Lipinski definition) is 2. The highest BCUT2D eigenvalue weighted by Crippen LogP contribution is 2.36. The van der Waals surface area contributed by atoms with Crippen LogP contribution >= 0.6 is 11.6 Å². The van der Waals surface area contributed by atoms with Gasteiger partial charge in [-0.25, -0.2) is 0 Å². The summed E-state index contributed by atoms with van der Waals surface area (Å²) in [5.41, 5.74) is 5.77. The van der Waals surface area contributed by atoms with Crippen LogP contribution in [0.2, 0.25) is 5.02 Å². The van der Waals surface area contributed by atoms with Crippen LogP contribution in [0, 0.1) is 0 Å². The van der Waals surface area contributed by atoms with E-state index in [2.05, 4.69) is 29.2 Å². The molecule has 4 nitrogen and oxygen atoms in total. The molecule has 0 saturated carbocycles. The minimum Gasteiger partial charge on any atom is -0.364 e. The summed E-state index contributed by atoms with van der Waals surface area (Å²) in [6, 6.07) is 17.8. The van der Waals surface area contributed by atoms with Crippen molar-refractivity contribution in [1.29, 1.82) is 0 Å². The molecule has 0 amide bonds. The van der Waals surface area contributed by atoms with Crippen molar-refractivity contribution in [2.75, 3.05) is 0 Å². The van der Waals surface area contributed by atoms with E-state index in [1.807, 2.05) is 18.2 Å². The largest absolute Gasteiger partial charge is 0.364 e. The molecule has 1 atom stereocenters. The van der Waals surface area contributed by atoms with E-state index in [9.17, 15) is 4.79 Å². The van der Waals surface area contributed by atoms with Crippen molar-refractivity contribution in [1.82, 2.24) is 14.8 Å². The fourth-order valence-electron chi connectivity index (χ4n) is 4.03. The molecule has 0 spiro atoms. The van der Waals surface area contributed by atoms with Crippen LogP contribution in [0.3, 0.4) is 0 Å². The maximum Gasteiger partial charge on any atom is 0.282 e. The Labute approximate surface area is 161 Å². The van der Waals surface area contributed by atoms with Gasteiger partial charge < -0.3 is 4.98 Å². The molecule has 3 aliphatic rings. The predicted molar refractivity (Wildman–Crippen MR) is 107 cm³/mol. The molecule has 2 aromatic carbocycles. The van der Waals surface area contributed by atoms with Crippen molar-refractivity contribution in [3.8, 4) is 16.9 Å². The first-order valence-corrected chi connectivity index (χ1v) is 9.51. The molecule has 1 aliphatic carbocycles. The van der Waals surface area contributed by atoms with E-state index in [4.69, 9.17) is 16.7 Å². The van der Waals surface area contributed by atoms with Gasteiger partial charge in [-0.15, -0.1) is 0 Å². The third-order valence-corrected chi connectivity index (χ3v) is 5.71. The van der Waals surface area contributed by atoms with Crippen molar-refractivity contribution in [2.45, 2.75) is 25.2 Å². The zero-order valence-electron chi connectivity index (χ0n) is 14.7. The van der Waals surface area contributed by atoms with Gasteiger partial charge in [-0.2, -0.15) is 9.78 Å². The van der Waals surface area contributed by atoms with Crippen LogP contribution < -0.4 is 5.56 Å². The quantitative estimate of drug-likeness (QED) is 0.557. The molecular formula is C22H18ClN3O. The van der Waals surface area contributed by atoms with Gasteiger partial charge in [0.2, 0.25) is 0 Å². The summed E-state index contributed by atoms with van der Waals surface area (Å²) in [5.74, 6) is 0.452. The smallest absolute Gasteiger partial charge is 0.282 e. The number of pyridine rings is 1. The number of aromatic nitrogens is 3. The van der Waals surface area contributed by atoms with Gasteiger partial charge in [-0.1, -0.05) is 41.9 Å². The molecule has 0 radical (unpaired) electrons. The van der Waals surface area contributed by atoms with Crippen LogP contribution in [0.15, 0.2) is 65.6 Å². The summed E-state index contributed by atoms with van der Waals surface area (Å²) in [6.07, 6.45) is 4.76. The highest BCUT2D eigenvalue weighted by molar-refractivity contribution is 6.30. The maximum atomic E-state index is 12.9. The number of rotatable bonds is 2. The number of halogens is 1. The second kappa shape index (κ2) is 6.39. The van der Waals surface area contributed by atoms with Crippen molar-refractivity contribution < 1.29 is 0 Å². The van der Waals surface area contributed by atoms with Crippen LogP contribution in [0.4, 0.5) is 0 Å². The maximum absolute atomic E-state index is 12.9. The monoisotopic (exact) mass is 375 g/mol. The summed E-state index contributed by atoms with van der Waals surface area (Å²) < 4.78 is 1.47. The SMILES string of the molecule is O=c1c2c[nH]c3c(c-2nn1-c1ccc(Cl)cc1)CC(c1ccccc1)CC3. The number of fused-ring (bicyclic) bond motifs is 3. The summed E-state index contributed by atoms with van der Waals surface area (Å²) >= 11 is 5.97. The Morgan fingerprint density at radius 1 is 1.07 bits per heavy atom. The molecule has 2 heterocycles. The van der Waals surface area contributed by atoms with Gasteiger partial charge in [0, 0.05) is 22.5 Å². The van der Waals surface area contributed by atoms with Gasteiger partial charge in [0.25, 0.3) is 5.56 Å². The Balaban J connectivity index is 1.61. The molecule has 134 valence electrons. The molecule has 0 bridgehead atoms. The molecule has 2 aromatic rings. The number of aromatic amines is 1. The highest BCUT2D eigenvalue weighted by atomic mass is 35.5. The summed E-state index contributed by atoms with van der Waals surface area (Å²) in [6.45, 7) is 0. The van der Waals surface area contributed by atoms with Gasteiger partial charge >= 0.3 is 0 Å². The average molecular weight is 376 g/mol. The molecule has 0 fully saturated rings. The van der Waals surface area contributed by atoms with Crippen molar-refractivity contribution in [2.24, 2.45) is 0 Å². The zero-order valence-corrected chi connectivity index (χ0v) is 15.4. The van der Waals surface area contributed by atoms with Crippen LogP contribution in [0.1, 0.15) is 29.2 Å². The van der Waals surface area contributed by atoms with Crippen LogP contribution in [0.5, 0.6) is 0 Å². The van der Waals surface area contributed by atoms with E-state index in [0.717, 1.165) is 36.2 Å². The lowest BCUT2D eigenvalue weighted by molar-refractivity contribution is 0.574. The third kappa shape index (κ3) is 2.77. The van der Waals surface area contributed by atoms with E-state index in [-0.39, 0.29) is 5.56 Å². The molecule has 0 saturated heterocycles. The molecule has 27 heavy (non-hydrogen) atoms. The first-order valence-electron chi connectivity index (χ1n) is 9.14. The van der Waals surface area contributed by atoms with Gasteiger partial charge in [-0.3, -0.25) is 4.79 Å². The fourth-order valence-corrected chi connectivity index (χ4v) is 4.16. The number of nitrogens with one attached hydrogen (secondary N) is 1. The molecule has 0 aromatic heterocycles. The van der Waals surface area contributed by atoms with Crippen LogP contribution in [-0.2, 0) is 12.8 Å². The first-order chi connectivity index (χ1) is 13.2. The van der Waals surface area contributed by atoms with Crippen LogP contribution in [0.25, 0.3) is 16.9 Å². The minimum atomic E-state index is -0.104. The van der Waals surface area contributed by atoms with E-state index < -0.39 is 0 Å². The number of nitrogens with zero attached hydrogens (tertiary/aromatic N) is 2. The summed E-state index contributed by atoms with van der Waals surface area (Å²) in [4.78, 5) is 16.2. The van der Waals surface area contributed by atoms with Gasteiger partial charge in [0.1, 0.15) is 5.69 Å². The van der Waals surface area contributed by atoms with Crippen molar-refractivity contribution >= 4 is 11.6 Å². The summed E-state index contributed by atoms with van der Waals surface area (Å²) in [5, 5.41) is 5.33. The van der Waals surface area contributed by atoms with Crippen molar-refractivity contribution in [3.63, 3.8) is 0 Å². The Kier molecular flexibility index (Phi) is 3.87. The van der Waals surface area contributed by atoms with Crippen molar-refractivity contribution in [3.05, 3.63) is 93.0 Å². The lowest BCUT2D eigenvalue weighted by Gasteiger charge is -2.25. The highest BCUT2D eigenvalue weighted by Gasteiger charge is 2.28. The fraction of sp³-hybridized carbons (Fsp3) is 0.182. The topological polar surface area (TPSA) is 50.7 Å². The molecule has 2 aliphatic heterocycles. The lowest BCUT2D eigenvalue weighted by Crippen LogP contribution is -2.17. The predicted octanol–water partition coefficient (Wildman–Crippen LogP) is 4.59. The molecule has 1 unspecified atom stereocenters. The molecule has 1 N–H and O–H groups in total. The van der Waals surface area contributed by atoms with E-state index >= 15 is 0 Å². The second-order valence-electron chi connectivity index (χ2n) is 7.05. The Morgan fingerprint density at radius 2 is 1.85 bits per heavy atom. The number of aryl methyl sites for hydroxylation is 1. The van der Waals surface area contributed by atoms with E-state index in [1.54, 1.807) is 18.3 Å². The van der Waals surface area contributed by atoms with Crippen LogP contribution in [-0.4, -0.2) is 14.8 Å². The second-order valence-corrected chi connectivity index (χ2v) is 7.49. The normalized spacial score (nSPS) is 16.4. The molecular weight excluding hydrogens is 358 g/mol. The number of H-pyrrole nitrogens is 1. The number of hydrogen-bond donors (Lipinski definition) is 1. The third-order valence-electron chi connectivity index (χ3n) is 5.45. The minimum absolute atomic E-state index is 0.104. The average Bonchev–Trinajstić information content (AvgIpc) is 3.06. The van der Waals surface area contributed by atoms with E-state index in [1.165, 1.54) is 15.9 Å². The standard InChI is InChI=1S/C22H18ClN3O/c23-16-7-9-17(10-8-16)26-22(27)19-13-24-20-11-6-15(12-18(20)21(19)25-26)14-4-2-1-3-5-14/h1-5,7-10,13,15,24H,6,11-12H2. The first kappa shape index (κ1) is 16.3. The summed E-state index contributed by atoms with van der Waals surface area (Å²) in [7, 11) is 0. The molecule has 5 heteroatoms. The Bertz CT molecular complexity index is 1130. The van der Waals surface area contributed by atoms with Gasteiger partial charge in [0.05, 0.1) is 11.3 Å². The lowest BCUT2D eigenvalue weighted by atomic mass is 9.81. The Hall–Kier alpha value is -2.85.